The van der Waals surface area contributed by atoms with Crippen molar-refractivity contribution in [2.45, 2.75) is 25.3 Å². The summed E-state index contributed by atoms with van der Waals surface area (Å²) >= 11 is 0. The summed E-state index contributed by atoms with van der Waals surface area (Å²) in [6.07, 6.45) is 0.824. The van der Waals surface area contributed by atoms with Crippen LogP contribution in [0.3, 0.4) is 0 Å². The van der Waals surface area contributed by atoms with Crippen molar-refractivity contribution in [1.29, 1.82) is 0 Å². The number of hydrogen-bond acceptors (Lipinski definition) is 1. The Hall–Kier alpha value is -1.03. The van der Waals surface area contributed by atoms with Crippen LogP contribution in [0.4, 0.5) is 13.2 Å². The molecule has 1 aromatic carbocycles. The van der Waals surface area contributed by atoms with Gasteiger partial charge in [-0.1, -0.05) is 0 Å². The Balaban J connectivity index is 2.29. The first-order valence-corrected chi connectivity index (χ1v) is 4.95. The summed E-state index contributed by atoms with van der Waals surface area (Å²) in [5, 5.41) is 3.18. The highest BCUT2D eigenvalue weighted by atomic mass is 19.2. The van der Waals surface area contributed by atoms with Crippen molar-refractivity contribution in [3.05, 3.63) is 35.1 Å². The van der Waals surface area contributed by atoms with Crippen LogP contribution in [0.1, 0.15) is 24.8 Å². The highest BCUT2D eigenvalue weighted by Gasteiger charge is 2.24. The molecule has 1 heterocycles. The number of halogens is 3. The van der Waals surface area contributed by atoms with Crippen molar-refractivity contribution in [3.63, 3.8) is 0 Å². The summed E-state index contributed by atoms with van der Waals surface area (Å²) in [5.74, 6) is -3.53. The highest BCUT2D eigenvalue weighted by Crippen LogP contribution is 2.27. The molecule has 0 aromatic heterocycles. The second kappa shape index (κ2) is 3.85. The molecule has 4 heteroatoms. The summed E-state index contributed by atoms with van der Waals surface area (Å²) in [7, 11) is 0. The first kappa shape index (κ1) is 10.5. The van der Waals surface area contributed by atoms with E-state index >= 15 is 0 Å². The number of nitrogens with one attached hydrogen (secondary N) is 1. The first-order valence-electron chi connectivity index (χ1n) is 4.95. The SMILES string of the molecule is CC1CC(c2cc(F)c(F)c(F)c2)CN1. The Kier molecular flexibility index (Phi) is 2.69. The Bertz CT molecular complexity index is 355. The van der Waals surface area contributed by atoms with Gasteiger partial charge in [-0.15, -0.1) is 0 Å². The molecule has 0 spiro atoms. The summed E-state index contributed by atoms with van der Waals surface area (Å²) < 4.78 is 38.6. The minimum absolute atomic E-state index is 0.0737. The molecule has 0 radical (unpaired) electrons. The maximum atomic E-state index is 13.0. The summed E-state index contributed by atoms with van der Waals surface area (Å²) in [4.78, 5) is 0. The van der Waals surface area contributed by atoms with E-state index in [2.05, 4.69) is 5.32 Å². The van der Waals surface area contributed by atoms with Gasteiger partial charge in [0.15, 0.2) is 17.5 Å². The van der Waals surface area contributed by atoms with Crippen molar-refractivity contribution in [3.8, 4) is 0 Å². The molecule has 0 bridgehead atoms. The van der Waals surface area contributed by atoms with Crippen LogP contribution in [0.25, 0.3) is 0 Å². The molecule has 2 atom stereocenters. The van der Waals surface area contributed by atoms with E-state index in [4.69, 9.17) is 0 Å². The molecular weight excluding hydrogens is 203 g/mol. The minimum atomic E-state index is -1.39. The van der Waals surface area contributed by atoms with Gasteiger partial charge in [-0.2, -0.15) is 0 Å². The lowest BCUT2D eigenvalue weighted by atomic mass is 9.96. The predicted octanol–water partition coefficient (Wildman–Crippen LogP) is 2.57. The predicted molar refractivity (Wildman–Crippen MR) is 51.1 cm³/mol. The van der Waals surface area contributed by atoms with Crippen molar-refractivity contribution < 1.29 is 13.2 Å². The van der Waals surface area contributed by atoms with Crippen molar-refractivity contribution in [2.24, 2.45) is 0 Å². The van der Waals surface area contributed by atoms with Crippen LogP contribution in [-0.4, -0.2) is 12.6 Å². The molecule has 2 unspecified atom stereocenters. The van der Waals surface area contributed by atoms with E-state index in [0.717, 1.165) is 18.6 Å². The molecule has 1 aliphatic rings. The van der Waals surface area contributed by atoms with Gasteiger partial charge in [0.25, 0.3) is 0 Å². The summed E-state index contributed by atoms with van der Waals surface area (Å²) in [6, 6.07) is 2.51. The van der Waals surface area contributed by atoms with Crippen LogP contribution >= 0.6 is 0 Å². The van der Waals surface area contributed by atoms with Gasteiger partial charge in [0.05, 0.1) is 0 Å². The maximum absolute atomic E-state index is 13.0. The second-order valence-corrected chi connectivity index (χ2v) is 4.04. The van der Waals surface area contributed by atoms with Gasteiger partial charge in [-0.3, -0.25) is 0 Å². The van der Waals surface area contributed by atoms with E-state index < -0.39 is 17.5 Å². The zero-order chi connectivity index (χ0) is 11.0. The van der Waals surface area contributed by atoms with E-state index in [1.807, 2.05) is 6.92 Å². The Morgan fingerprint density at radius 2 is 1.80 bits per heavy atom. The van der Waals surface area contributed by atoms with Crippen molar-refractivity contribution >= 4 is 0 Å². The molecule has 1 aromatic rings. The molecule has 0 amide bonds. The van der Waals surface area contributed by atoms with E-state index in [9.17, 15) is 13.2 Å². The molecule has 1 fully saturated rings. The normalized spacial score (nSPS) is 25.9. The van der Waals surface area contributed by atoms with Gasteiger partial charge in [0.2, 0.25) is 0 Å². The molecule has 1 aliphatic heterocycles. The lowest BCUT2D eigenvalue weighted by Gasteiger charge is -2.09. The van der Waals surface area contributed by atoms with Gasteiger partial charge >= 0.3 is 0 Å². The van der Waals surface area contributed by atoms with Gasteiger partial charge in [-0.05, 0) is 37.0 Å². The Labute approximate surface area is 86.3 Å². The molecule has 82 valence electrons. The fourth-order valence-electron chi connectivity index (χ4n) is 2.00. The number of rotatable bonds is 1. The zero-order valence-electron chi connectivity index (χ0n) is 8.36. The lowest BCUT2D eigenvalue weighted by Crippen LogP contribution is -2.16. The fourth-order valence-corrected chi connectivity index (χ4v) is 2.00. The molecular formula is C11H12F3N. The Morgan fingerprint density at radius 3 is 2.27 bits per heavy atom. The first-order chi connectivity index (χ1) is 7.08. The largest absolute Gasteiger partial charge is 0.314 e. The van der Waals surface area contributed by atoms with Crippen molar-refractivity contribution in [2.75, 3.05) is 6.54 Å². The zero-order valence-corrected chi connectivity index (χ0v) is 8.36. The third kappa shape index (κ3) is 2.00. The summed E-state index contributed by atoms with van der Waals surface area (Å²) in [6.45, 7) is 2.70. The van der Waals surface area contributed by atoms with Crippen LogP contribution in [0.15, 0.2) is 12.1 Å². The molecule has 0 saturated carbocycles. The standard InChI is InChI=1S/C11H12F3N/c1-6-2-8(5-15-6)7-3-9(12)11(14)10(13)4-7/h3-4,6,8,15H,2,5H2,1H3. The molecule has 0 aliphatic carbocycles. The third-order valence-electron chi connectivity index (χ3n) is 2.83. The quantitative estimate of drug-likeness (QED) is 0.710. The Morgan fingerprint density at radius 1 is 1.20 bits per heavy atom. The van der Waals surface area contributed by atoms with Crippen LogP contribution < -0.4 is 5.32 Å². The van der Waals surface area contributed by atoms with E-state index in [1.54, 1.807) is 0 Å². The maximum Gasteiger partial charge on any atom is 0.194 e. The van der Waals surface area contributed by atoms with Crippen LogP contribution in [-0.2, 0) is 0 Å². The molecule has 1 saturated heterocycles. The second-order valence-electron chi connectivity index (χ2n) is 4.04. The third-order valence-corrected chi connectivity index (χ3v) is 2.83. The lowest BCUT2D eigenvalue weighted by molar-refractivity contribution is 0.443. The average Bonchev–Trinajstić information content (AvgIpc) is 2.60. The van der Waals surface area contributed by atoms with Gasteiger partial charge in [0, 0.05) is 12.6 Å². The molecule has 15 heavy (non-hydrogen) atoms. The van der Waals surface area contributed by atoms with Gasteiger partial charge < -0.3 is 5.32 Å². The van der Waals surface area contributed by atoms with Gasteiger partial charge in [0.1, 0.15) is 0 Å². The molecule has 2 rings (SSSR count). The van der Waals surface area contributed by atoms with Crippen LogP contribution in [0, 0.1) is 17.5 Å². The van der Waals surface area contributed by atoms with Crippen LogP contribution in [0.2, 0.25) is 0 Å². The minimum Gasteiger partial charge on any atom is -0.314 e. The fraction of sp³-hybridized carbons (Fsp3) is 0.455. The number of hydrogen-bond donors (Lipinski definition) is 1. The van der Waals surface area contributed by atoms with E-state index in [1.165, 1.54) is 0 Å². The number of benzene rings is 1. The molecule has 1 N–H and O–H groups in total. The van der Waals surface area contributed by atoms with Crippen LogP contribution in [0.5, 0.6) is 0 Å². The van der Waals surface area contributed by atoms with E-state index in [-0.39, 0.29) is 5.92 Å². The molecule has 1 nitrogen and oxygen atoms in total. The summed E-state index contributed by atoms with van der Waals surface area (Å²) in [5.41, 5.74) is 0.531. The van der Waals surface area contributed by atoms with Crippen molar-refractivity contribution in [1.82, 2.24) is 5.32 Å². The topological polar surface area (TPSA) is 12.0 Å². The average molecular weight is 215 g/mol. The monoisotopic (exact) mass is 215 g/mol. The smallest absolute Gasteiger partial charge is 0.194 e. The van der Waals surface area contributed by atoms with E-state index in [0.29, 0.717) is 18.2 Å². The highest BCUT2D eigenvalue weighted by molar-refractivity contribution is 5.24. The van der Waals surface area contributed by atoms with Gasteiger partial charge in [-0.25, -0.2) is 13.2 Å².